The van der Waals surface area contributed by atoms with Crippen LogP contribution in [0.25, 0.3) is 0 Å². The summed E-state index contributed by atoms with van der Waals surface area (Å²) < 4.78 is 13.1. The van der Waals surface area contributed by atoms with E-state index in [9.17, 15) is 5.11 Å². The second-order valence-electron chi connectivity index (χ2n) is 5.61. The Kier molecular flexibility index (Phi) is 3.59. The van der Waals surface area contributed by atoms with Gasteiger partial charge in [0.05, 0.1) is 19.4 Å². The van der Waals surface area contributed by atoms with Gasteiger partial charge in [-0.15, -0.1) is 0 Å². The van der Waals surface area contributed by atoms with E-state index < -0.39 is 6.10 Å². The number of rotatable bonds is 3. The van der Waals surface area contributed by atoms with Crippen LogP contribution >= 0.6 is 0 Å². The maximum absolute atomic E-state index is 10.3. The molecule has 0 fully saturated rings. The summed E-state index contributed by atoms with van der Waals surface area (Å²) in [4.78, 5) is 0. The first kappa shape index (κ1) is 13.9. The van der Waals surface area contributed by atoms with Gasteiger partial charge in [0.1, 0.15) is 17.6 Å². The molecule has 0 saturated carbocycles. The van der Waals surface area contributed by atoms with Crippen LogP contribution in [-0.2, 0) is 0 Å². The Bertz CT molecular complexity index is 636. The number of hydrogen-bond donors (Lipinski definition) is 1. The Morgan fingerprint density at radius 1 is 1.43 bits per heavy atom. The SMILES string of the molecule is COc1ccc2c(c1)OC(c1cnn(C(C)C)c1)C[C@H]2O. The van der Waals surface area contributed by atoms with E-state index in [-0.39, 0.29) is 6.10 Å². The van der Waals surface area contributed by atoms with Gasteiger partial charge in [-0.3, -0.25) is 4.68 Å². The lowest BCUT2D eigenvalue weighted by Crippen LogP contribution is -2.18. The van der Waals surface area contributed by atoms with Gasteiger partial charge in [-0.2, -0.15) is 5.10 Å². The van der Waals surface area contributed by atoms with Crippen molar-refractivity contribution in [2.75, 3.05) is 7.11 Å². The van der Waals surface area contributed by atoms with Crippen molar-refractivity contribution in [2.45, 2.75) is 38.5 Å². The smallest absolute Gasteiger partial charge is 0.130 e. The second-order valence-corrected chi connectivity index (χ2v) is 5.61. The summed E-state index contributed by atoms with van der Waals surface area (Å²) >= 11 is 0. The van der Waals surface area contributed by atoms with Crippen molar-refractivity contribution in [1.29, 1.82) is 0 Å². The number of aliphatic hydroxyl groups is 1. The van der Waals surface area contributed by atoms with Crippen LogP contribution in [0.15, 0.2) is 30.6 Å². The standard InChI is InChI=1S/C16H20N2O3/c1-10(2)18-9-11(8-17-18)15-7-14(19)13-5-4-12(20-3)6-16(13)21-15/h4-6,8-10,14-15,19H,7H2,1-3H3/t14-,15?/m1/s1. The molecule has 0 amide bonds. The van der Waals surface area contributed by atoms with Crippen molar-refractivity contribution in [3.8, 4) is 11.5 Å². The van der Waals surface area contributed by atoms with Gasteiger partial charge in [0.15, 0.2) is 0 Å². The zero-order valence-corrected chi connectivity index (χ0v) is 12.5. The molecule has 0 spiro atoms. The number of fused-ring (bicyclic) bond motifs is 1. The molecule has 112 valence electrons. The lowest BCUT2D eigenvalue weighted by molar-refractivity contribution is 0.0654. The summed E-state index contributed by atoms with van der Waals surface area (Å²) in [5, 5.41) is 14.7. The van der Waals surface area contributed by atoms with E-state index in [0.29, 0.717) is 18.2 Å². The fourth-order valence-electron chi connectivity index (χ4n) is 2.56. The van der Waals surface area contributed by atoms with Crippen molar-refractivity contribution >= 4 is 0 Å². The molecule has 1 unspecified atom stereocenters. The van der Waals surface area contributed by atoms with E-state index in [4.69, 9.17) is 9.47 Å². The number of benzene rings is 1. The molecule has 2 aromatic rings. The van der Waals surface area contributed by atoms with Crippen LogP contribution < -0.4 is 9.47 Å². The van der Waals surface area contributed by atoms with Gasteiger partial charge >= 0.3 is 0 Å². The van der Waals surface area contributed by atoms with Crippen LogP contribution in [0.5, 0.6) is 11.5 Å². The second kappa shape index (κ2) is 5.41. The van der Waals surface area contributed by atoms with Gasteiger partial charge in [-0.25, -0.2) is 0 Å². The van der Waals surface area contributed by atoms with Crippen molar-refractivity contribution in [3.63, 3.8) is 0 Å². The predicted octanol–water partition coefficient (Wildman–Crippen LogP) is 3.03. The molecule has 1 aliphatic heterocycles. The van der Waals surface area contributed by atoms with E-state index in [1.165, 1.54) is 0 Å². The molecule has 2 heterocycles. The monoisotopic (exact) mass is 288 g/mol. The topological polar surface area (TPSA) is 56.5 Å². The normalized spacial score (nSPS) is 21.0. The Balaban J connectivity index is 1.89. The first-order valence-corrected chi connectivity index (χ1v) is 7.15. The van der Waals surface area contributed by atoms with Crippen LogP contribution in [0.1, 0.15) is 49.6 Å². The minimum atomic E-state index is -0.535. The summed E-state index contributed by atoms with van der Waals surface area (Å²) in [6.07, 6.45) is 3.60. The van der Waals surface area contributed by atoms with Crippen LogP contribution in [-0.4, -0.2) is 22.0 Å². The third kappa shape index (κ3) is 2.61. The Hall–Kier alpha value is -2.01. The van der Waals surface area contributed by atoms with Gasteiger partial charge < -0.3 is 14.6 Å². The van der Waals surface area contributed by atoms with Crippen molar-refractivity contribution in [3.05, 3.63) is 41.7 Å². The fraction of sp³-hybridized carbons (Fsp3) is 0.438. The van der Waals surface area contributed by atoms with Gasteiger partial charge in [0, 0.05) is 35.9 Å². The Morgan fingerprint density at radius 3 is 2.90 bits per heavy atom. The van der Waals surface area contributed by atoms with E-state index in [2.05, 4.69) is 18.9 Å². The molecular weight excluding hydrogens is 268 g/mol. The number of aromatic nitrogens is 2. The summed E-state index contributed by atoms with van der Waals surface area (Å²) in [6.45, 7) is 4.15. The zero-order chi connectivity index (χ0) is 15.0. The Morgan fingerprint density at radius 2 is 2.24 bits per heavy atom. The summed E-state index contributed by atoms with van der Waals surface area (Å²) in [5.74, 6) is 1.40. The largest absolute Gasteiger partial charge is 0.497 e. The van der Waals surface area contributed by atoms with E-state index in [1.807, 2.05) is 35.3 Å². The van der Waals surface area contributed by atoms with Gasteiger partial charge in [0.25, 0.3) is 0 Å². The maximum atomic E-state index is 10.3. The molecule has 1 aromatic heterocycles. The fourth-order valence-corrected chi connectivity index (χ4v) is 2.56. The van der Waals surface area contributed by atoms with Crippen LogP contribution in [0.2, 0.25) is 0 Å². The first-order valence-electron chi connectivity index (χ1n) is 7.15. The minimum absolute atomic E-state index is 0.188. The average Bonchev–Trinajstić information content (AvgIpc) is 2.96. The van der Waals surface area contributed by atoms with Crippen LogP contribution in [0.4, 0.5) is 0 Å². The molecule has 21 heavy (non-hydrogen) atoms. The number of hydrogen-bond acceptors (Lipinski definition) is 4. The minimum Gasteiger partial charge on any atom is -0.497 e. The molecule has 0 saturated heterocycles. The van der Waals surface area contributed by atoms with Crippen molar-refractivity contribution in [1.82, 2.24) is 9.78 Å². The van der Waals surface area contributed by atoms with Crippen molar-refractivity contribution < 1.29 is 14.6 Å². The van der Waals surface area contributed by atoms with Crippen molar-refractivity contribution in [2.24, 2.45) is 0 Å². The molecule has 5 heteroatoms. The highest BCUT2D eigenvalue weighted by Gasteiger charge is 2.29. The summed E-state index contributed by atoms with van der Waals surface area (Å²) in [5.41, 5.74) is 1.79. The molecule has 0 aliphatic carbocycles. The summed E-state index contributed by atoms with van der Waals surface area (Å²) in [7, 11) is 1.62. The molecule has 1 aliphatic rings. The predicted molar refractivity (Wildman–Crippen MR) is 78.6 cm³/mol. The molecule has 1 N–H and O–H groups in total. The third-order valence-corrected chi connectivity index (χ3v) is 3.81. The maximum Gasteiger partial charge on any atom is 0.130 e. The molecular formula is C16H20N2O3. The van der Waals surface area contributed by atoms with E-state index in [1.54, 1.807) is 7.11 Å². The van der Waals surface area contributed by atoms with E-state index in [0.717, 1.165) is 16.9 Å². The average molecular weight is 288 g/mol. The molecule has 0 bridgehead atoms. The highest BCUT2D eigenvalue weighted by Crippen LogP contribution is 2.42. The number of methoxy groups -OCH3 is 1. The van der Waals surface area contributed by atoms with Crippen LogP contribution in [0, 0.1) is 0 Å². The number of nitrogens with zero attached hydrogens (tertiary/aromatic N) is 2. The number of ether oxygens (including phenoxy) is 2. The zero-order valence-electron chi connectivity index (χ0n) is 12.5. The van der Waals surface area contributed by atoms with Gasteiger partial charge in [0.2, 0.25) is 0 Å². The molecule has 3 rings (SSSR count). The van der Waals surface area contributed by atoms with Gasteiger partial charge in [-0.05, 0) is 26.0 Å². The quantitative estimate of drug-likeness (QED) is 0.943. The lowest BCUT2D eigenvalue weighted by Gasteiger charge is -2.29. The van der Waals surface area contributed by atoms with Crippen LogP contribution in [0.3, 0.4) is 0 Å². The Labute approximate surface area is 124 Å². The molecule has 2 atom stereocenters. The van der Waals surface area contributed by atoms with Gasteiger partial charge in [-0.1, -0.05) is 0 Å². The summed E-state index contributed by atoms with van der Waals surface area (Å²) in [6, 6.07) is 5.81. The third-order valence-electron chi connectivity index (χ3n) is 3.81. The van der Waals surface area contributed by atoms with E-state index >= 15 is 0 Å². The molecule has 5 nitrogen and oxygen atoms in total. The molecule has 1 aromatic carbocycles. The highest BCUT2D eigenvalue weighted by atomic mass is 16.5. The molecule has 0 radical (unpaired) electrons. The lowest BCUT2D eigenvalue weighted by atomic mass is 9.96. The first-order chi connectivity index (χ1) is 10.1. The highest BCUT2D eigenvalue weighted by molar-refractivity contribution is 5.43. The number of aliphatic hydroxyl groups excluding tert-OH is 1.